The smallest absolute Gasteiger partial charge is 0.241 e. The summed E-state index contributed by atoms with van der Waals surface area (Å²) >= 11 is 0. The maximum atomic E-state index is 11.6. The third-order valence-corrected chi connectivity index (χ3v) is 2.54. The van der Waals surface area contributed by atoms with E-state index >= 15 is 0 Å². The summed E-state index contributed by atoms with van der Waals surface area (Å²) < 4.78 is 0. The number of likely N-dealkylation sites (N-methyl/N-ethyl adjacent to an activating group) is 1. The molecule has 1 fully saturated rings. The second-order valence-corrected chi connectivity index (χ2v) is 4.01. The summed E-state index contributed by atoms with van der Waals surface area (Å²) in [6.45, 7) is 0.976. The normalized spacial score (nSPS) is 20.8. The Morgan fingerprint density at radius 1 is 1.40 bits per heavy atom. The van der Waals surface area contributed by atoms with Crippen molar-refractivity contribution >= 4 is 11.8 Å². The SMILES string of the molecule is CN(C)C(=O)CNC(=O)C1CCCCN1. The van der Waals surface area contributed by atoms with E-state index in [0.717, 1.165) is 25.8 Å². The molecule has 0 spiro atoms. The van der Waals surface area contributed by atoms with Crippen molar-refractivity contribution in [1.82, 2.24) is 15.5 Å². The van der Waals surface area contributed by atoms with E-state index in [1.165, 1.54) is 4.90 Å². The highest BCUT2D eigenvalue weighted by Gasteiger charge is 2.20. The predicted octanol–water partition coefficient (Wildman–Crippen LogP) is -0.667. The minimum absolute atomic E-state index is 0.0649. The molecule has 1 aliphatic heterocycles. The van der Waals surface area contributed by atoms with E-state index in [2.05, 4.69) is 10.6 Å². The van der Waals surface area contributed by atoms with Gasteiger partial charge in [-0.25, -0.2) is 0 Å². The Bertz CT molecular complexity index is 235. The van der Waals surface area contributed by atoms with Gasteiger partial charge in [0.05, 0.1) is 12.6 Å². The molecule has 15 heavy (non-hydrogen) atoms. The van der Waals surface area contributed by atoms with Gasteiger partial charge in [0.25, 0.3) is 0 Å². The molecule has 0 aromatic rings. The monoisotopic (exact) mass is 213 g/mol. The lowest BCUT2D eigenvalue weighted by Crippen LogP contribution is -2.48. The number of nitrogens with zero attached hydrogens (tertiary/aromatic N) is 1. The van der Waals surface area contributed by atoms with Gasteiger partial charge < -0.3 is 15.5 Å². The minimum atomic E-state index is -0.117. The number of carbonyl (C=O) groups is 2. The Hall–Kier alpha value is -1.10. The van der Waals surface area contributed by atoms with Crippen LogP contribution in [-0.2, 0) is 9.59 Å². The van der Waals surface area contributed by atoms with Crippen LogP contribution in [0.2, 0.25) is 0 Å². The average molecular weight is 213 g/mol. The first-order chi connectivity index (χ1) is 7.11. The quantitative estimate of drug-likeness (QED) is 0.654. The number of hydrogen-bond donors (Lipinski definition) is 2. The molecule has 0 aromatic heterocycles. The van der Waals surface area contributed by atoms with Crippen LogP contribution in [0, 0.1) is 0 Å². The zero-order chi connectivity index (χ0) is 11.3. The number of nitrogens with one attached hydrogen (secondary N) is 2. The highest BCUT2D eigenvalue weighted by Crippen LogP contribution is 2.06. The van der Waals surface area contributed by atoms with Gasteiger partial charge in [-0.05, 0) is 19.4 Å². The largest absolute Gasteiger partial charge is 0.347 e. The summed E-state index contributed by atoms with van der Waals surface area (Å²) in [5.74, 6) is -0.149. The summed E-state index contributed by atoms with van der Waals surface area (Å²) in [7, 11) is 3.35. The summed E-state index contributed by atoms with van der Waals surface area (Å²) in [6.07, 6.45) is 3.06. The molecule has 0 radical (unpaired) electrons. The first-order valence-corrected chi connectivity index (χ1v) is 5.32. The predicted molar refractivity (Wildman–Crippen MR) is 57.3 cm³/mol. The van der Waals surface area contributed by atoms with Crippen LogP contribution in [0.15, 0.2) is 0 Å². The first-order valence-electron chi connectivity index (χ1n) is 5.32. The fourth-order valence-corrected chi connectivity index (χ4v) is 1.52. The van der Waals surface area contributed by atoms with Crippen molar-refractivity contribution < 1.29 is 9.59 Å². The van der Waals surface area contributed by atoms with Crippen molar-refractivity contribution in [2.24, 2.45) is 0 Å². The maximum absolute atomic E-state index is 11.6. The Kier molecular flexibility index (Phi) is 4.55. The van der Waals surface area contributed by atoms with E-state index in [1.54, 1.807) is 14.1 Å². The molecule has 5 heteroatoms. The van der Waals surface area contributed by atoms with E-state index in [4.69, 9.17) is 0 Å². The van der Waals surface area contributed by atoms with Gasteiger partial charge in [0, 0.05) is 14.1 Å². The van der Waals surface area contributed by atoms with Gasteiger partial charge >= 0.3 is 0 Å². The molecule has 5 nitrogen and oxygen atoms in total. The van der Waals surface area contributed by atoms with Crippen LogP contribution >= 0.6 is 0 Å². The lowest BCUT2D eigenvalue weighted by molar-refractivity contribution is -0.131. The zero-order valence-electron chi connectivity index (χ0n) is 9.38. The summed E-state index contributed by atoms with van der Waals surface area (Å²) in [5, 5.41) is 5.78. The molecule has 1 aliphatic rings. The van der Waals surface area contributed by atoms with E-state index < -0.39 is 0 Å². The molecular formula is C10H19N3O2. The van der Waals surface area contributed by atoms with Crippen molar-refractivity contribution in [2.45, 2.75) is 25.3 Å². The van der Waals surface area contributed by atoms with Gasteiger partial charge in [-0.1, -0.05) is 6.42 Å². The molecule has 2 amide bonds. The standard InChI is InChI=1S/C10H19N3O2/c1-13(2)9(14)7-12-10(15)8-5-3-4-6-11-8/h8,11H,3-7H2,1-2H3,(H,12,15). The van der Waals surface area contributed by atoms with Crippen LogP contribution in [0.25, 0.3) is 0 Å². The molecule has 0 aromatic carbocycles. The number of piperidine rings is 1. The third-order valence-electron chi connectivity index (χ3n) is 2.54. The molecule has 1 rings (SSSR count). The molecule has 1 heterocycles. The van der Waals surface area contributed by atoms with Crippen LogP contribution < -0.4 is 10.6 Å². The molecule has 86 valence electrons. The highest BCUT2D eigenvalue weighted by molar-refractivity contribution is 5.87. The highest BCUT2D eigenvalue weighted by atomic mass is 16.2. The van der Waals surface area contributed by atoms with Gasteiger partial charge in [-0.3, -0.25) is 9.59 Å². The summed E-state index contributed by atoms with van der Waals surface area (Å²) in [6, 6.07) is -0.117. The lowest BCUT2D eigenvalue weighted by Gasteiger charge is -2.22. The van der Waals surface area contributed by atoms with Crippen LogP contribution in [-0.4, -0.2) is 49.9 Å². The maximum Gasteiger partial charge on any atom is 0.241 e. The summed E-state index contributed by atoms with van der Waals surface area (Å²) in [5.41, 5.74) is 0. The molecule has 0 bridgehead atoms. The molecular weight excluding hydrogens is 194 g/mol. The van der Waals surface area contributed by atoms with Crippen molar-refractivity contribution in [3.8, 4) is 0 Å². The van der Waals surface area contributed by atoms with Crippen molar-refractivity contribution in [1.29, 1.82) is 0 Å². The van der Waals surface area contributed by atoms with E-state index in [1.807, 2.05) is 0 Å². The molecule has 0 aliphatic carbocycles. The van der Waals surface area contributed by atoms with Crippen LogP contribution in [0.5, 0.6) is 0 Å². The fraction of sp³-hybridized carbons (Fsp3) is 0.800. The second-order valence-electron chi connectivity index (χ2n) is 4.01. The Morgan fingerprint density at radius 3 is 2.67 bits per heavy atom. The van der Waals surface area contributed by atoms with Gasteiger partial charge in [0.15, 0.2) is 0 Å². The van der Waals surface area contributed by atoms with Crippen LogP contribution in [0.3, 0.4) is 0 Å². The fourth-order valence-electron chi connectivity index (χ4n) is 1.52. The second kappa shape index (κ2) is 5.70. The van der Waals surface area contributed by atoms with Crippen LogP contribution in [0.1, 0.15) is 19.3 Å². The Morgan fingerprint density at radius 2 is 2.13 bits per heavy atom. The van der Waals surface area contributed by atoms with Crippen LogP contribution in [0.4, 0.5) is 0 Å². The van der Waals surface area contributed by atoms with Crippen molar-refractivity contribution in [3.63, 3.8) is 0 Å². The molecule has 2 N–H and O–H groups in total. The van der Waals surface area contributed by atoms with Crippen molar-refractivity contribution in [3.05, 3.63) is 0 Å². The van der Waals surface area contributed by atoms with Gasteiger partial charge in [0.2, 0.25) is 11.8 Å². The van der Waals surface area contributed by atoms with Crippen molar-refractivity contribution in [2.75, 3.05) is 27.2 Å². The van der Waals surface area contributed by atoms with Gasteiger partial charge in [-0.2, -0.15) is 0 Å². The summed E-state index contributed by atoms with van der Waals surface area (Å²) in [4.78, 5) is 24.3. The Balaban J connectivity index is 2.26. The lowest BCUT2D eigenvalue weighted by atomic mass is 10.0. The molecule has 1 saturated heterocycles. The van der Waals surface area contributed by atoms with Gasteiger partial charge in [-0.15, -0.1) is 0 Å². The van der Waals surface area contributed by atoms with E-state index in [0.29, 0.717) is 0 Å². The number of carbonyl (C=O) groups excluding carboxylic acids is 2. The average Bonchev–Trinajstić information content (AvgIpc) is 2.26. The molecule has 1 atom stereocenters. The minimum Gasteiger partial charge on any atom is -0.347 e. The number of rotatable bonds is 3. The topological polar surface area (TPSA) is 61.4 Å². The zero-order valence-corrected chi connectivity index (χ0v) is 9.38. The third kappa shape index (κ3) is 3.87. The Labute approximate surface area is 90.2 Å². The molecule has 0 saturated carbocycles. The molecule has 1 unspecified atom stereocenters. The van der Waals surface area contributed by atoms with E-state index in [9.17, 15) is 9.59 Å². The number of hydrogen-bond acceptors (Lipinski definition) is 3. The first kappa shape index (κ1) is 12.0. The van der Waals surface area contributed by atoms with E-state index in [-0.39, 0.29) is 24.4 Å². The van der Waals surface area contributed by atoms with Gasteiger partial charge in [0.1, 0.15) is 0 Å². The number of amides is 2.